The smallest absolute Gasteiger partial charge is 0.219 e. The van der Waals surface area contributed by atoms with E-state index in [9.17, 15) is 8.42 Å². The molecule has 1 aromatic rings. The molecular formula is C18H30N2O3S. The number of hydroxylamine groups is 2. The molecule has 0 spiro atoms. The predicted octanol–water partition coefficient (Wildman–Crippen LogP) is 2.99. The number of sulfonamides is 1. The Morgan fingerprint density at radius 3 is 2.38 bits per heavy atom. The summed E-state index contributed by atoms with van der Waals surface area (Å²) in [7, 11) is -1.66. The highest BCUT2D eigenvalue weighted by atomic mass is 32.2. The number of nitrogens with zero attached hydrogens (tertiary/aromatic N) is 1. The van der Waals surface area contributed by atoms with Crippen LogP contribution in [-0.2, 0) is 20.3 Å². The molecule has 0 radical (unpaired) electrons. The molecule has 1 fully saturated rings. The summed E-state index contributed by atoms with van der Waals surface area (Å²) in [5, 5.41) is 1.05. The maximum absolute atomic E-state index is 12.7. The van der Waals surface area contributed by atoms with Gasteiger partial charge in [-0.25, -0.2) is 13.1 Å². The first kappa shape index (κ1) is 19.4. The van der Waals surface area contributed by atoms with Crippen molar-refractivity contribution in [1.29, 1.82) is 0 Å². The number of nitrogens with one attached hydrogen (secondary N) is 1. The molecule has 6 heteroatoms. The van der Waals surface area contributed by atoms with Crippen LogP contribution in [0.25, 0.3) is 0 Å². The monoisotopic (exact) mass is 354 g/mol. The van der Waals surface area contributed by atoms with Gasteiger partial charge >= 0.3 is 0 Å². The second-order valence-corrected chi connectivity index (χ2v) is 9.60. The maximum atomic E-state index is 12.7. The van der Waals surface area contributed by atoms with Crippen molar-refractivity contribution in [3.8, 4) is 0 Å². The molecule has 1 aliphatic rings. The van der Waals surface area contributed by atoms with E-state index in [0.29, 0.717) is 0 Å². The standard InChI is InChI=1S/C18H30N2O3S/c1-7-13(2)19-24(21,22)16-12-23-20(6)17(16)14-8-10-15(11-9-14)18(3,4)5/h8-11,13,16-17,19H,7,12H2,1-6H3/t13-,16-,17-/m0/s1. The van der Waals surface area contributed by atoms with Crippen LogP contribution >= 0.6 is 0 Å². The zero-order valence-corrected chi connectivity index (χ0v) is 16.4. The largest absolute Gasteiger partial charge is 0.297 e. The summed E-state index contributed by atoms with van der Waals surface area (Å²) in [4.78, 5) is 5.55. The molecule has 0 amide bonds. The summed E-state index contributed by atoms with van der Waals surface area (Å²) in [6.07, 6.45) is 0.758. The maximum Gasteiger partial charge on any atom is 0.219 e. The van der Waals surface area contributed by atoms with Crippen LogP contribution in [0.15, 0.2) is 24.3 Å². The van der Waals surface area contributed by atoms with Crippen molar-refractivity contribution >= 4 is 10.0 Å². The Hall–Kier alpha value is -0.950. The van der Waals surface area contributed by atoms with Crippen LogP contribution in [-0.4, -0.2) is 38.4 Å². The molecule has 5 nitrogen and oxygen atoms in total. The first-order valence-corrected chi connectivity index (χ1v) is 10.1. The number of rotatable bonds is 5. The van der Waals surface area contributed by atoms with Gasteiger partial charge < -0.3 is 0 Å². The molecule has 1 aromatic carbocycles. The van der Waals surface area contributed by atoms with E-state index in [0.717, 1.165) is 12.0 Å². The van der Waals surface area contributed by atoms with Crippen LogP contribution in [0.2, 0.25) is 0 Å². The molecule has 3 atom stereocenters. The minimum atomic E-state index is -3.46. The van der Waals surface area contributed by atoms with Crippen molar-refractivity contribution in [1.82, 2.24) is 9.79 Å². The topological polar surface area (TPSA) is 58.6 Å². The minimum absolute atomic E-state index is 0.0696. The fraction of sp³-hybridized carbons (Fsp3) is 0.667. The number of benzene rings is 1. The van der Waals surface area contributed by atoms with E-state index in [4.69, 9.17) is 4.84 Å². The van der Waals surface area contributed by atoms with Crippen molar-refractivity contribution < 1.29 is 13.3 Å². The zero-order valence-electron chi connectivity index (χ0n) is 15.5. The third kappa shape index (κ3) is 4.17. The van der Waals surface area contributed by atoms with E-state index < -0.39 is 15.3 Å². The van der Waals surface area contributed by atoms with Gasteiger partial charge in [-0.2, -0.15) is 5.06 Å². The Kier molecular flexibility index (Phi) is 5.75. The lowest BCUT2D eigenvalue weighted by Crippen LogP contribution is -2.42. The normalized spacial score (nSPS) is 24.2. The van der Waals surface area contributed by atoms with Gasteiger partial charge in [0.1, 0.15) is 5.25 Å². The first-order chi connectivity index (χ1) is 11.1. The molecule has 1 heterocycles. The fourth-order valence-corrected chi connectivity index (χ4v) is 4.72. The van der Waals surface area contributed by atoms with Crippen LogP contribution < -0.4 is 4.72 Å². The third-order valence-corrected chi connectivity index (χ3v) is 6.60. The molecular weight excluding hydrogens is 324 g/mol. The second-order valence-electron chi connectivity index (χ2n) is 7.67. The Morgan fingerprint density at radius 1 is 1.29 bits per heavy atom. The van der Waals surface area contributed by atoms with Gasteiger partial charge in [-0.05, 0) is 29.9 Å². The van der Waals surface area contributed by atoms with Gasteiger partial charge in [-0.1, -0.05) is 52.0 Å². The van der Waals surface area contributed by atoms with Crippen molar-refractivity contribution in [3.05, 3.63) is 35.4 Å². The highest BCUT2D eigenvalue weighted by molar-refractivity contribution is 7.90. The van der Waals surface area contributed by atoms with Crippen molar-refractivity contribution in [2.75, 3.05) is 13.7 Å². The molecule has 2 rings (SSSR count). The average molecular weight is 355 g/mol. The predicted molar refractivity (Wildman–Crippen MR) is 97.2 cm³/mol. The van der Waals surface area contributed by atoms with Gasteiger partial charge in [0.05, 0.1) is 12.6 Å². The van der Waals surface area contributed by atoms with Crippen LogP contribution in [0.5, 0.6) is 0 Å². The lowest BCUT2D eigenvalue weighted by atomic mass is 9.86. The summed E-state index contributed by atoms with van der Waals surface area (Å²) in [5.74, 6) is 0. The molecule has 0 aromatic heterocycles. The van der Waals surface area contributed by atoms with Crippen molar-refractivity contribution in [3.63, 3.8) is 0 Å². The molecule has 0 unspecified atom stereocenters. The Balaban J connectivity index is 2.29. The molecule has 24 heavy (non-hydrogen) atoms. The van der Waals surface area contributed by atoms with Gasteiger partial charge in [0.2, 0.25) is 10.0 Å². The Morgan fingerprint density at radius 2 is 1.88 bits per heavy atom. The van der Waals surface area contributed by atoms with Crippen LogP contribution in [0.1, 0.15) is 58.2 Å². The summed E-state index contributed by atoms with van der Waals surface area (Å²) in [6, 6.07) is 7.80. The molecule has 136 valence electrons. The molecule has 1 saturated heterocycles. The first-order valence-electron chi connectivity index (χ1n) is 8.53. The second kappa shape index (κ2) is 7.12. The molecule has 1 N–H and O–H groups in total. The molecule has 0 saturated carbocycles. The van der Waals surface area contributed by atoms with Crippen molar-refractivity contribution in [2.24, 2.45) is 0 Å². The Bertz CT molecular complexity index is 650. The summed E-state index contributed by atoms with van der Waals surface area (Å²) in [6.45, 7) is 10.5. The number of hydrogen-bond acceptors (Lipinski definition) is 4. The lowest BCUT2D eigenvalue weighted by molar-refractivity contribution is -0.110. The lowest BCUT2D eigenvalue weighted by Gasteiger charge is -2.25. The van der Waals surface area contributed by atoms with Gasteiger partial charge in [0, 0.05) is 13.1 Å². The SMILES string of the molecule is CC[C@H](C)NS(=O)(=O)[C@H]1CON(C)[C@H]1c1ccc(C(C)(C)C)cc1. The number of hydrogen-bond donors (Lipinski definition) is 1. The summed E-state index contributed by atoms with van der Waals surface area (Å²) in [5.41, 5.74) is 2.26. The van der Waals surface area contributed by atoms with E-state index in [2.05, 4.69) is 37.6 Å². The van der Waals surface area contributed by atoms with E-state index >= 15 is 0 Å². The molecule has 0 bridgehead atoms. The van der Waals surface area contributed by atoms with Crippen LogP contribution in [0.3, 0.4) is 0 Å². The molecule has 0 aliphatic carbocycles. The van der Waals surface area contributed by atoms with E-state index in [1.807, 2.05) is 26.0 Å². The van der Waals surface area contributed by atoms with Crippen LogP contribution in [0, 0.1) is 0 Å². The minimum Gasteiger partial charge on any atom is -0.297 e. The highest BCUT2D eigenvalue weighted by Gasteiger charge is 2.43. The van der Waals surface area contributed by atoms with E-state index in [1.54, 1.807) is 12.1 Å². The van der Waals surface area contributed by atoms with E-state index in [-0.39, 0.29) is 24.1 Å². The van der Waals surface area contributed by atoms with Gasteiger partial charge in [0.15, 0.2) is 0 Å². The van der Waals surface area contributed by atoms with E-state index in [1.165, 1.54) is 5.56 Å². The zero-order chi connectivity index (χ0) is 18.1. The summed E-state index contributed by atoms with van der Waals surface area (Å²) < 4.78 is 28.2. The average Bonchev–Trinajstić information content (AvgIpc) is 2.88. The van der Waals surface area contributed by atoms with Gasteiger partial charge in [0.25, 0.3) is 0 Å². The quantitative estimate of drug-likeness (QED) is 0.883. The third-order valence-electron chi connectivity index (χ3n) is 4.68. The highest BCUT2D eigenvalue weighted by Crippen LogP contribution is 2.34. The van der Waals surface area contributed by atoms with Crippen molar-refractivity contribution in [2.45, 2.75) is 63.8 Å². The van der Waals surface area contributed by atoms with Crippen LogP contribution in [0.4, 0.5) is 0 Å². The fourth-order valence-electron chi connectivity index (χ4n) is 2.91. The van der Waals surface area contributed by atoms with Gasteiger partial charge in [-0.15, -0.1) is 0 Å². The van der Waals surface area contributed by atoms with Gasteiger partial charge in [-0.3, -0.25) is 4.84 Å². The summed E-state index contributed by atoms with van der Waals surface area (Å²) >= 11 is 0. The molecule has 1 aliphatic heterocycles. The Labute approximate surface area is 146 Å².